The summed E-state index contributed by atoms with van der Waals surface area (Å²) in [6, 6.07) is -0.174. The molecule has 4 nitrogen and oxygen atoms in total. The molecule has 1 rings (SSSR count). The van der Waals surface area contributed by atoms with Crippen molar-refractivity contribution in [1.82, 2.24) is 4.90 Å². The predicted octanol–water partition coefficient (Wildman–Crippen LogP) is -0.776. The van der Waals surface area contributed by atoms with E-state index >= 15 is 0 Å². The highest BCUT2D eigenvalue weighted by atomic mass is 16.6. The standard InChI is InChI=1S/C7H13NO3/c1-8(2)6-3-5(4-9)11-7(6)10/h5-6,9H,3-4H2,1-2H3/t5-,6-/m1/s1. The summed E-state index contributed by atoms with van der Waals surface area (Å²) < 4.78 is 4.85. The molecule has 1 aliphatic heterocycles. The molecule has 2 atom stereocenters. The van der Waals surface area contributed by atoms with E-state index in [0.717, 1.165) is 0 Å². The maximum atomic E-state index is 11.0. The van der Waals surface area contributed by atoms with Gasteiger partial charge in [0.25, 0.3) is 0 Å². The molecule has 1 heterocycles. The third kappa shape index (κ3) is 1.70. The second-order valence-corrected chi connectivity index (χ2v) is 2.96. The molecule has 64 valence electrons. The number of rotatable bonds is 2. The van der Waals surface area contributed by atoms with Crippen molar-refractivity contribution < 1.29 is 14.6 Å². The summed E-state index contributed by atoms with van der Waals surface area (Å²) in [4.78, 5) is 12.8. The van der Waals surface area contributed by atoms with Crippen LogP contribution in [0.4, 0.5) is 0 Å². The van der Waals surface area contributed by atoms with Gasteiger partial charge in [-0.25, -0.2) is 0 Å². The number of cyclic esters (lactones) is 1. The van der Waals surface area contributed by atoms with Crippen LogP contribution in [0.25, 0.3) is 0 Å². The summed E-state index contributed by atoms with van der Waals surface area (Å²) in [7, 11) is 3.65. The molecule has 0 aliphatic carbocycles. The average Bonchev–Trinajstić information content (AvgIpc) is 2.30. The van der Waals surface area contributed by atoms with E-state index in [2.05, 4.69) is 0 Å². The van der Waals surface area contributed by atoms with Crippen molar-refractivity contribution in [3.63, 3.8) is 0 Å². The van der Waals surface area contributed by atoms with Crippen molar-refractivity contribution in [2.75, 3.05) is 20.7 Å². The van der Waals surface area contributed by atoms with E-state index in [1.165, 1.54) is 0 Å². The van der Waals surface area contributed by atoms with Crippen LogP contribution in [0, 0.1) is 0 Å². The normalized spacial score (nSPS) is 31.1. The smallest absolute Gasteiger partial charge is 0.323 e. The lowest BCUT2D eigenvalue weighted by Crippen LogP contribution is -2.31. The van der Waals surface area contributed by atoms with Crippen LogP contribution in [0.15, 0.2) is 0 Å². The van der Waals surface area contributed by atoms with E-state index in [1.54, 1.807) is 4.90 Å². The number of aliphatic hydroxyl groups is 1. The van der Waals surface area contributed by atoms with Crippen molar-refractivity contribution in [2.24, 2.45) is 0 Å². The van der Waals surface area contributed by atoms with Crippen LogP contribution in [0.5, 0.6) is 0 Å². The molecule has 11 heavy (non-hydrogen) atoms. The second-order valence-electron chi connectivity index (χ2n) is 2.96. The lowest BCUT2D eigenvalue weighted by Gasteiger charge is -2.13. The Hall–Kier alpha value is -0.610. The topological polar surface area (TPSA) is 49.8 Å². The van der Waals surface area contributed by atoms with Crippen LogP contribution in [-0.2, 0) is 9.53 Å². The number of aliphatic hydroxyl groups excluding tert-OH is 1. The van der Waals surface area contributed by atoms with Crippen molar-refractivity contribution in [3.05, 3.63) is 0 Å². The van der Waals surface area contributed by atoms with Crippen LogP contribution in [0.3, 0.4) is 0 Å². The SMILES string of the molecule is CN(C)[C@@H]1C[C@H](CO)OC1=O. The van der Waals surface area contributed by atoms with Crippen LogP contribution < -0.4 is 0 Å². The Balaban J connectivity index is 2.52. The first-order chi connectivity index (χ1) is 5.15. The van der Waals surface area contributed by atoms with Gasteiger partial charge in [-0.15, -0.1) is 0 Å². The Morgan fingerprint density at radius 2 is 2.36 bits per heavy atom. The van der Waals surface area contributed by atoms with E-state index < -0.39 is 0 Å². The van der Waals surface area contributed by atoms with Crippen molar-refractivity contribution >= 4 is 5.97 Å². The number of hydrogen-bond donors (Lipinski definition) is 1. The Labute approximate surface area is 65.8 Å². The molecule has 0 saturated carbocycles. The number of nitrogens with zero attached hydrogens (tertiary/aromatic N) is 1. The first-order valence-corrected chi connectivity index (χ1v) is 3.63. The molecule has 1 fully saturated rings. The van der Waals surface area contributed by atoms with Gasteiger partial charge < -0.3 is 9.84 Å². The van der Waals surface area contributed by atoms with Gasteiger partial charge in [0.05, 0.1) is 6.61 Å². The first-order valence-electron chi connectivity index (χ1n) is 3.63. The minimum absolute atomic E-state index is 0.0733. The van der Waals surface area contributed by atoms with Crippen molar-refractivity contribution in [3.8, 4) is 0 Å². The highest BCUT2D eigenvalue weighted by molar-refractivity contribution is 5.77. The molecular weight excluding hydrogens is 146 g/mol. The number of esters is 1. The van der Waals surface area contributed by atoms with Gasteiger partial charge in [-0.05, 0) is 14.1 Å². The predicted molar refractivity (Wildman–Crippen MR) is 39.1 cm³/mol. The molecule has 0 radical (unpaired) electrons. The molecule has 0 aromatic heterocycles. The minimum atomic E-state index is -0.296. The lowest BCUT2D eigenvalue weighted by molar-refractivity contribution is -0.145. The Morgan fingerprint density at radius 3 is 2.64 bits per heavy atom. The molecule has 1 saturated heterocycles. The fourth-order valence-electron chi connectivity index (χ4n) is 1.17. The quantitative estimate of drug-likeness (QED) is 0.537. The third-order valence-corrected chi connectivity index (χ3v) is 1.87. The van der Waals surface area contributed by atoms with Gasteiger partial charge in [0.1, 0.15) is 12.1 Å². The highest BCUT2D eigenvalue weighted by Crippen LogP contribution is 2.17. The van der Waals surface area contributed by atoms with Crippen molar-refractivity contribution in [1.29, 1.82) is 0 Å². The van der Waals surface area contributed by atoms with E-state index in [1.807, 2.05) is 14.1 Å². The van der Waals surface area contributed by atoms with Gasteiger partial charge in [-0.2, -0.15) is 0 Å². The fraction of sp³-hybridized carbons (Fsp3) is 0.857. The Bertz CT molecular complexity index is 158. The van der Waals surface area contributed by atoms with Crippen molar-refractivity contribution in [2.45, 2.75) is 18.6 Å². The van der Waals surface area contributed by atoms with Gasteiger partial charge in [0.2, 0.25) is 0 Å². The van der Waals surface area contributed by atoms with Crippen LogP contribution in [0.2, 0.25) is 0 Å². The highest BCUT2D eigenvalue weighted by Gasteiger charge is 2.35. The minimum Gasteiger partial charge on any atom is -0.459 e. The zero-order valence-corrected chi connectivity index (χ0v) is 6.78. The molecule has 0 bridgehead atoms. The summed E-state index contributed by atoms with van der Waals surface area (Å²) in [6.45, 7) is -0.0733. The zero-order valence-electron chi connectivity index (χ0n) is 6.78. The summed E-state index contributed by atoms with van der Waals surface area (Å²) in [6.07, 6.45) is 0.303. The van der Waals surface area contributed by atoms with Crippen LogP contribution in [-0.4, -0.2) is 48.8 Å². The average molecular weight is 159 g/mol. The summed E-state index contributed by atoms with van der Waals surface area (Å²) in [5.41, 5.74) is 0. The molecule has 0 spiro atoms. The second kappa shape index (κ2) is 3.19. The van der Waals surface area contributed by atoms with Gasteiger partial charge in [-0.3, -0.25) is 9.69 Å². The Kier molecular flexibility index (Phi) is 2.46. The number of likely N-dealkylation sites (N-methyl/N-ethyl adjacent to an activating group) is 1. The lowest BCUT2D eigenvalue weighted by atomic mass is 10.2. The molecule has 0 amide bonds. The van der Waals surface area contributed by atoms with Gasteiger partial charge in [0.15, 0.2) is 0 Å². The Morgan fingerprint density at radius 1 is 1.73 bits per heavy atom. The number of ether oxygens (including phenoxy) is 1. The molecular formula is C7H13NO3. The van der Waals surface area contributed by atoms with Gasteiger partial charge >= 0.3 is 5.97 Å². The van der Waals surface area contributed by atoms with E-state index in [4.69, 9.17) is 9.84 Å². The maximum Gasteiger partial charge on any atom is 0.323 e. The van der Waals surface area contributed by atoms with Crippen LogP contribution >= 0.6 is 0 Å². The summed E-state index contributed by atoms with van der Waals surface area (Å²) in [5.74, 6) is -0.228. The number of hydrogen-bond acceptors (Lipinski definition) is 4. The summed E-state index contributed by atoms with van der Waals surface area (Å²) in [5, 5.41) is 8.69. The molecule has 4 heteroatoms. The molecule has 0 unspecified atom stereocenters. The maximum absolute atomic E-state index is 11.0. The summed E-state index contributed by atoms with van der Waals surface area (Å²) >= 11 is 0. The van der Waals surface area contributed by atoms with E-state index in [9.17, 15) is 4.79 Å². The van der Waals surface area contributed by atoms with E-state index in [-0.39, 0.29) is 24.7 Å². The monoisotopic (exact) mass is 159 g/mol. The van der Waals surface area contributed by atoms with E-state index in [0.29, 0.717) is 6.42 Å². The van der Waals surface area contributed by atoms with Gasteiger partial charge in [0, 0.05) is 6.42 Å². The van der Waals surface area contributed by atoms with Gasteiger partial charge in [-0.1, -0.05) is 0 Å². The largest absolute Gasteiger partial charge is 0.459 e. The molecule has 1 N–H and O–H groups in total. The first kappa shape index (κ1) is 8.49. The molecule has 0 aromatic carbocycles. The third-order valence-electron chi connectivity index (χ3n) is 1.87. The number of carbonyl (C=O) groups is 1. The molecule has 1 aliphatic rings. The molecule has 0 aromatic rings. The van der Waals surface area contributed by atoms with Crippen LogP contribution in [0.1, 0.15) is 6.42 Å². The number of carbonyl (C=O) groups excluding carboxylic acids is 1. The zero-order chi connectivity index (χ0) is 8.43. The fourth-order valence-corrected chi connectivity index (χ4v) is 1.17.